The number of unbranched alkanes of at least 4 members (excludes halogenated alkanes) is 1. The van der Waals surface area contributed by atoms with Gasteiger partial charge in [0.25, 0.3) is 0 Å². The molecule has 0 aromatic carbocycles. The van der Waals surface area contributed by atoms with E-state index < -0.39 is 73.1 Å². The molecule has 0 bridgehead atoms. The minimum atomic E-state index is -1.59. The Hall–Kier alpha value is -3.39. The average Bonchev–Trinajstić information content (AvgIpc) is 2.76. The number of allylic oxidation sites excluding steroid dienone is 1. The van der Waals surface area contributed by atoms with Gasteiger partial charge in [-0.2, -0.15) is 11.0 Å². The van der Waals surface area contributed by atoms with E-state index in [9.17, 15) is 24.0 Å². The zero-order valence-electron chi connectivity index (χ0n) is 23.1. The third-order valence-corrected chi connectivity index (χ3v) is 3.87. The number of amides is 2. The van der Waals surface area contributed by atoms with Gasteiger partial charge in [0.1, 0.15) is 29.8 Å². The first kappa shape index (κ1) is 34.6. The summed E-state index contributed by atoms with van der Waals surface area (Å²) in [4.78, 5) is 69.3. The van der Waals surface area contributed by atoms with Gasteiger partial charge in [-0.25, -0.2) is 19.2 Å². The molecular weight excluding hydrogens is 508 g/mol. The number of carbonyl (C=O) groups excluding carboxylic acids is 5. The van der Waals surface area contributed by atoms with E-state index in [-0.39, 0.29) is 6.61 Å². The number of nitrogens with one attached hydrogen (secondary N) is 2. The second-order valence-corrected chi connectivity index (χ2v) is 10.2. The maximum atomic E-state index is 12.7. The van der Waals surface area contributed by atoms with Crippen molar-refractivity contribution in [1.82, 2.24) is 11.0 Å². The molecule has 0 saturated heterocycles. The Kier molecular flexibility index (Phi) is 15.0. The zero-order valence-corrected chi connectivity index (χ0v) is 23.1. The van der Waals surface area contributed by atoms with E-state index >= 15 is 0 Å². The fourth-order valence-electron chi connectivity index (χ4n) is 2.19. The first-order valence-corrected chi connectivity index (χ1v) is 11.8. The quantitative estimate of drug-likeness (QED) is 0.101. The van der Waals surface area contributed by atoms with Crippen LogP contribution in [0.15, 0.2) is 12.7 Å². The van der Waals surface area contributed by atoms with Crippen LogP contribution in [0, 0.1) is 5.41 Å². The number of hydroxylamine groups is 2. The van der Waals surface area contributed by atoms with Crippen molar-refractivity contribution in [2.75, 3.05) is 33.0 Å². The average molecular weight is 549 g/mol. The Bertz CT molecular complexity index is 764. The summed E-state index contributed by atoms with van der Waals surface area (Å²) in [7, 11) is 0. The Morgan fingerprint density at radius 1 is 0.711 bits per heavy atom. The van der Waals surface area contributed by atoms with Gasteiger partial charge in [-0.15, -0.1) is 6.58 Å². The van der Waals surface area contributed by atoms with Crippen molar-refractivity contribution in [3.8, 4) is 0 Å². The fraction of sp³-hybridized carbons (Fsp3) is 0.708. The van der Waals surface area contributed by atoms with Crippen LogP contribution in [0.25, 0.3) is 0 Å². The van der Waals surface area contributed by atoms with Gasteiger partial charge in [-0.3, -0.25) is 14.5 Å². The van der Waals surface area contributed by atoms with Crippen molar-refractivity contribution >= 4 is 30.1 Å². The molecule has 0 aliphatic rings. The molecule has 0 heterocycles. The van der Waals surface area contributed by atoms with E-state index in [1.165, 1.54) is 6.92 Å². The molecule has 0 fully saturated rings. The predicted octanol–water partition coefficient (Wildman–Crippen LogP) is 2.50. The van der Waals surface area contributed by atoms with Crippen LogP contribution in [0.2, 0.25) is 0 Å². The third kappa shape index (κ3) is 17.9. The number of hydrogen-bond donors (Lipinski definition) is 2. The number of esters is 3. The fourth-order valence-corrected chi connectivity index (χ4v) is 2.19. The largest absolute Gasteiger partial charge is 0.465 e. The van der Waals surface area contributed by atoms with Gasteiger partial charge >= 0.3 is 30.1 Å². The summed E-state index contributed by atoms with van der Waals surface area (Å²) in [6.07, 6.45) is 0.965. The number of ether oxygens (including phenoxy) is 5. The monoisotopic (exact) mass is 548 g/mol. The molecule has 0 saturated carbocycles. The molecule has 0 atom stereocenters. The Balaban J connectivity index is 4.84. The van der Waals surface area contributed by atoms with Crippen LogP contribution in [0.1, 0.15) is 61.3 Å². The van der Waals surface area contributed by atoms with E-state index in [0.717, 1.165) is 0 Å². The lowest BCUT2D eigenvalue weighted by molar-refractivity contribution is -0.173. The third-order valence-electron chi connectivity index (χ3n) is 3.87. The van der Waals surface area contributed by atoms with Crippen LogP contribution in [0.4, 0.5) is 9.59 Å². The lowest BCUT2D eigenvalue weighted by atomic mass is 9.93. The molecule has 0 aliphatic heterocycles. The highest BCUT2D eigenvalue weighted by molar-refractivity contribution is 5.79. The summed E-state index contributed by atoms with van der Waals surface area (Å²) in [5, 5.41) is 0. The first-order valence-electron chi connectivity index (χ1n) is 11.8. The Morgan fingerprint density at radius 2 is 1.13 bits per heavy atom. The van der Waals surface area contributed by atoms with Gasteiger partial charge in [-0.05, 0) is 61.3 Å². The highest BCUT2D eigenvalue weighted by atomic mass is 16.7. The second kappa shape index (κ2) is 16.5. The van der Waals surface area contributed by atoms with E-state index in [1.807, 2.05) is 11.0 Å². The van der Waals surface area contributed by atoms with Crippen LogP contribution in [0.5, 0.6) is 0 Å². The second-order valence-electron chi connectivity index (χ2n) is 10.2. The SMILES string of the molecule is C=CCCCOC(=O)C(C)(COC(=O)CONC(=O)OC(C)(C)C)COC(=O)CONC(=O)OC(C)(C)C. The first-order chi connectivity index (χ1) is 17.5. The van der Waals surface area contributed by atoms with Crippen molar-refractivity contribution in [2.45, 2.75) is 72.5 Å². The number of carbonyl (C=O) groups is 5. The van der Waals surface area contributed by atoms with Gasteiger partial charge in [0.05, 0.1) is 6.61 Å². The van der Waals surface area contributed by atoms with Gasteiger partial charge < -0.3 is 23.7 Å². The van der Waals surface area contributed by atoms with Gasteiger partial charge in [0.15, 0.2) is 13.2 Å². The molecule has 0 spiro atoms. The molecule has 14 nitrogen and oxygen atoms in total. The summed E-state index contributed by atoms with van der Waals surface area (Å²) in [5.74, 6) is -2.64. The van der Waals surface area contributed by atoms with Crippen LogP contribution in [0.3, 0.4) is 0 Å². The lowest BCUT2D eigenvalue weighted by Gasteiger charge is -2.26. The van der Waals surface area contributed by atoms with E-state index in [0.29, 0.717) is 12.8 Å². The molecule has 0 unspecified atom stereocenters. The minimum absolute atomic E-state index is 0.0637. The van der Waals surface area contributed by atoms with E-state index in [4.69, 9.17) is 33.4 Å². The minimum Gasteiger partial charge on any atom is -0.465 e. The maximum Gasteiger partial charge on any atom is 0.431 e. The van der Waals surface area contributed by atoms with Gasteiger partial charge in [0.2, 0.25) is 0 Å². The normalized spacial score (nSPS) is 11.6. The van der Waals surface area contributed by atoms with Crippen molar-refractivity contribution in [2.24, 2.45) is 5.41 Å². The van der Waals surface area contributed by atoms with Crippen LogP contribution >= 0.6 is 0 Å². The molecule has 14 heteroatoms. The highest BCUT2D eigenvalue weighted by Gasteiger charge is 2.38. The predicted molar refractivity (Wildman–Crippen MR) is 131 cm³/mol. The van der Waals surface area contributed by atoms with Crippen LogP contribution in [-0.4, -0.2) is 74.3 Å². The molecular formula is C24H40N2O12. The summed E-state index contributed by atoms with van der Waals surface area (Å²) < 4.78 is 25.2. The standard InChI is InChI=1S/C24H40N2O12/c1-9-10-11-12-32-19(29)24(8,15-33-17(27)13-35-25-20(30)37-22(2,3)4)16-34-18(28)14-36-26-21(31)38-23(5,6)7/h9H,1,10-16H2,2-8H3,(H,25,30)(H,26,31). The molecule has 0 radical (unpaired) electrons. The molecule has 2 amide bonds. The van der Waals surface area contributed by atoms with Crippen molar-refractivity contribution < 1.29 is 57.3 Å². The molecule has 0 aromatic heterocycles. The van der Waals surface area contributed by atoms with Gasteiger partial charge in [0, 0.05) is 0 Å². The van der Waals surface area contributed by atoms with Crippen LogP contribution < -0.4 is 11.0 Å². The van der Waals surface area contributed by atoms with E-state index in [1.54, 1.807) is 47.6 Å². The number of hydrogen-bond acceptors (Lipinski definition) is 12. The molecule has 0 aliphatic carbocycles. The number of rotatable bonds is 15. The summed E-state index contributed by atoms with van der Waals surface area (Å²) in [5.41, 5.74) is 0.730. The highest BCUT2D eigenvalue weighted by Crippen LogP contribution is 2.21. The topological polar surface area (TPSA) is 174 Å². The summed E-state index contributed by atoms with van der Waals surface area (Å²) in [6.45, 7) is 12.4. The summed E-state index contributed by atoms with van der Waals surface area (Å²) >= 11 is 0. The van der Waals surface area contributed by atoms with Crippen LogP contribution in [-0.2, 0) is 47.7 Å². The molecule has 0 rings (SSSR count). The van der Waals surface area contributed by atoms with Gasteiger partial charge in [-0.1, -0.05) is 6.08 Å². The van der Waals surface area contributed by atoms with Crippen molar-refractivity contribution in [1.29, 1.82) is 0 Å². The van der Waals surface area contributed by atoms with Crippen molar-refractivity contribution in [3.05, 3.63) is 12.7 Å². The zero-order chi connectivity index (χ0) is 29.4. The Morgan fingerprint density at radius 3 is 1.50 bits per heavy atom. The lowest BCUT2D eigenvalue weighted by Crippen LogP contribution is -2.42. The maximum absolute atomic E-state index is 12.7. The van der Waals surface area contributed by atoms with E-state index in [2.05, 4.69) is 6.58 Å². The Labute approximate surface area is 222 Å². The smallest absolute Gasteiger partial charge is 0.431 e. The van der Waals surface area contributed by atoms with Crippen molar-refractivity contribution in [3.63, 3.8) is 0 Å². The summed E-state index contributed by atoms with van der Waals surface area (Å²) in [6, 6.07) is 0. The molecule has 0 aromatic rings. The molecule has 38 heavy (non-hydrogen) atoms. The molecule has 218 valence electrons. The molecule has 2 N–H and O–H groups in total.